The minimum Gasteiger partial charge on any atom is -0.458 e. The molecule has 2 spiro atoms. The zero-order valence-corrected chi connectivity index (χ0v) is 21.4. The number of esters is 2. The summed E-state index contributed by atoms with van der Waals surface area (Å²) >= 11 is 0. The fourth-order valence-electron chi connectivity index (χ4n) is 8.74. The number of cyclic esters (lactones) is 1. The molecule has 4 aliphatic heterocycles. The van der Waals surface area contributed by atoms with Crippen molar-refractivity contribution >= 4 is 18.0 Å². The molecule has 38 heavy (non-hydrogen) atoms. The highest BCUT2D eigenvalue weighted by Crippen LogP contribution is 2.83. The van der Waals surface area contributed by atoms with Crippen LogP contribution in [0.15, 0.2) is 41.5 Å². The second-order valence-electron chi connectivity index (χ2n) is 12.6. The topological polar surface area (TPSA) is 110 Å². The normalized spacial score (nSPS) is 47.2. The number of rotatable bonds is 4. The Morgan fingerprint density at radius 3 is 2.68 bits per heavy atom. The molecule has 2 saturated carbocycles. The third-order valence-electron chi connectivity index (χ3n) is 10.6. The van der Waals surface area contributed by atoms with Gasteiger partial charge in [-0.2, -0.15) is 0 Å². The molecule has 3 aliphatic carbocycles. The molecule has 8 nitrogen and oxygen atoms in total. The molecule has 1 aromatic carbocycles. The van der Waals surface area contributed by atoms with E-state index in [2.05, 4.69) is 6.92 Å². The first kappa shape index (κ1) is 23.3. The summed E-state index contributed by atoms with van der Waals surface area (Å²) in [6, 6.07) is 5.78. The highest BCUT2D eigenvalue weighted by Gasteiger charge is 3.02. The number of epoxide rings is 3. The molecular weight excluding hydrogens is 495 g/mol. The van der Waals surface area contributed by atoms with E-state index >= 15 is 0 Å². The first-order valence-corrected chi connectivity index (χ1v) is 13.3. The van der Waals surface area contributed by atoms with Crippen LogP contribution >= 0.6 is 0 Å². The van der Waals surface area contributed by atoms with Gasteiger partial charge in [0.2, 0.25) is 0 Å². The molecular formula is C29H29FO8. The van der Waals surface area contributed by atoms with Crippen molar-refractivity contribution in [2.45, 2.75) is 86.9 Å². The van der Waals surface area contributed by atoms with Gasteiger partial charge in [-0.05, 0) is 68.4 Å². The summed E-state index contributed by atoms with van der Waals surface area (Å²) in [4.78, 5) is 25.6. The average molecular weight is 525 g/mol. The maximum Gasteiger partial charge on any atom is 0.334 e. The Kier molecular flexibility index (Phi) is 4.14. The Labute approximate surface area is 218 Å². The molecule has 5 fully saturated rings. The summed E-state index contributed by atoms with van der Waals surface area (Å²) in [7, 11) is 0. The van der Waals surface area contributed by atoms with Gasteiger partial charge in [0.25, 0.3) is 0 Å². The van der Waals surface area contributed by atoms with Crippen LogP contribution in [0.1, 0.15) is 45.6 Å². The lowest BCUT2D eigenvalue weighted by Gasteiger charge is -2.54. The Morgan fingerprint density at radius 2 is 1.95 bits per heavy atom. The molecule has 0 radical (unpaired) electrons. The molecule has 1 aromatic rings. The minimum atomic E-state index is -1.33. The van der Waals surface area contributed by atoms with Gasteiger partial charge in [-0.3, -0.25) is 0 Å². The molecule has 0 amide bonds. The second-order valence-corrected chi connectivity index (χ2v) is 12.6. The van der Waals surface area contributed by atoms with Crippen LogP contribution in [0.4, 0.5) is 4.39 Å². The lowest BCUT2D eigenvalue weighted by Crippen LogP contribution is -2.72. The van der Waals surface area contributed by atoms with Gasteiger partial charge < -0.3 is 28.8 Å². The number of aliphatic hydroxyl groups is 1. The Balaban J connectivity index is 1.18. The van der Waals surface area contributed by atoms with Gasteiger partial charge in [-0.25, -0.2) is 14.0 Å². The molecule has 0 aromatic heterocycles. The van der Waals surface area contributed by atoms with Crippen LogP contribution in [-0.4, -0.2) is 70.5 Å². The summed E-state index contributed by atoms with van der Waals surface area (Å²) < 4.78 is 44.3. The van der Waals surface area contributed by atoms with E-state index in [1.54, 1.807) is 32.1 Å². The average Bonchev–Trinajstić information content (AvgIpc) is 3.77. The van der Waals surface area contributed by atoms with Crippen LogP contribution in [-0.2, 0) is 33.3 Å². The Bertz CT molecular complexity index is 1360. The molecule has 9 atom stereocenters. The van der Waals surface area contributed by atoms with Crippen LogP contribution in [0, 0.1) is 17.2 Å². The van der Waals surface area contributed by atoms with Crippen LogP contribution in [0.5, 0.6) is 0 Å². The number of halogens is 1. The van der Waals surface area contributed by atoms with Crippen LogP contribution in [0.3, 0.4) is 0 Å². The standard InChI is InChI=1S/C29H29FO8/c1-25(2,33)28-21(37-28)22-29(38-22)26(3)11-10-16-17(13-34-23(16)32)18(26)12-19-27(29,36-19)24(28)35-20(31)9-6-14-4-7-15(30)8-5-14/h4-9,18-19,21-22,24,33H,10-13H2,1-3H3. The molecule has 1 N–H and O–H groups in total. The van der Waals surface area contributed by atoms with E-state index in [4.69, 9.17) is 23.7 Å². The van der Waals surface area contributed by atoms with E-state index in [9.17, 15) is 19.1 Å². The number of ether oxygens (including phenoxy) is 5. The molecule has 8 rings (SSSR count). The van der Waals surface area contributed by atoms with Gasteiger partial charge in [-0.15, -0.1) is 0 Å². The number of fused-ring (bicyclic) bond motifs is 4. The largest absolute Gasteiger partial charge is 0.458 e. The van der Waals surface area contributed by atoms with Gasteiger partial charge in [0.15, 0.2) is 17.3 Å². The molecule has 9 unspecified atom stereocenters. The maximum atomic E-state index is 13.3. The van der Waals surface area contributed by atoms with E-state index in [0.717, 1.165) is 11.1 Å². The number of carbonyl (C=O) groups excluding carboxylic acids is 2. The molecule has 3 saturated heterocycles. The van der Waals surface area contributed by atoms with E-state index in [1.165, 1.54) is 18.2 Å². The van der Waals surface area contributed by atoms with Crippen LogP contribution in [0.2, 0.25) is 0 Å². The minimum absolute atomic E-state index is 0.0476. The smallest absolute Gasteiger partial charge is 0.334 e. The molecule has 7 aliphatic rings. The third-order valence-corrected chi connectivity index (χ3v) is 10.6. The number of hydrogen-bond acceptors (Lipinski definition) is 8. The van der Waals surface area contributed by atoms with Crippen molar-refractivity contribution in [3.63, 3.8) is 0 Å². The fraction of sp³-hybridized carbons (Fsp3) is 0.586. The summed E-state index contributed by atoms with van der Waals surface area (Å²) in [6.07, 6.45) is 2.89. The van der Waals surface area contributed by atoms with Gasteiger partial charge >= 0.3 is 11.9 Å². The highest BCUT2D eigenvalue weighted by molar-refractivity contribution is 5.92. The van der Waals surface area contributed by atoms with Crippen molar-refractivity contribution < 1.29 is 42.8 Å². The molecule has 9 heteroatoms. The highest BCUT2D eigenvalue weighted by atomic mass is 19.1. The van der Waals surface area contributed by atoms with Gasteiger partial charge in [0, 0.05) is 17.1 Å². The molecule has 200 valence electrons. The number of carbonyl (C=O) groups is 2. The van der Waals surface area contributed by atoms with Gasteiger partial charge in [-0.1, -0.05) is 19.1 Å². The molecule has 0 bridgehead atoms. The van der Waals surface area contributed by atoms with Gasteiger partial charge in [0.1, 0.15) is 30.2 Å². The summed E-state index contributed by atoms with van der Waals surface area (Å²) in [5.41, 5.74) is -2.13. The van der Waals surface area contributed by atoms with Crippen molar-refractivity contribution in [2.75, 3.05) is 6.61 Å². The van der Waals surface area contributed by atoms with Crippen molar-refractivity contribution in [2.24, 2.45) is 11.3 Å². The Hall–Kier alpha value is -2.59. The monoisotopic (exact) mass is 524 g/mol. The first-order valence-electron chi connectivity index (χ1n) is 13.3. The summed E-state index contributed by atoms with van der Waals surface area (Å²) in [5.74, 6) is -1.15. The number of hydrogen-bond donors (Lipinski definition) is 1. The van der Waals surface area contributed by atoms with E-state index in [1.807, 2.05) is 0 Å². The lowest BCUT2D eigenvalue weighted by atomic mass is 9.46. The molecule has 4 heterocycles. The predicted octanol–water partition coefficient (Wildman–Crippen LogP) is 2.62. The van der Waals surface area contributed by atoms with Crippen LogP contribution in [0.25, 0.3) is 6.08 Å². The summed E-state index contributed by atoms with van der Waals surface area (Å²) in [6.45, 7) is 5.82. The number of benzene rings is 1. The van der Waals surface area contributed by atoms with E-state index in [-0.39, 0.29) is 35.3 Å². The van der Waals surface area contributed by atoms with Crippen molar-refractivity contribution in [3.8, 4) is 0 Å². The quantitative estimate of drug-likeness (QED) is 0.364. The fourth-order valence-corrected chi connectivity index (χ4v) is 8.74. The van der Waals surface area contributed by atoms with Crippen molar-refractivity contribution in [1.29, 1.82) is 0 Å². The predicted molar refractivity (Wildman–Crippen MR) is 128 cm³/mol. The lowest BCUT2D eigenvalue weighted by molar-refractivity contribution is -0.175. The van der Waals surface area contributed by atoms with E-state index in [0.29, 0.717) is 31.4 Å². The van der Waals surface area contributed by atoms with Crippen molar-refractivity contribution in [1.82, 2.24) is 0 Å². The van der Waals surface area contributed by atoms with Crippen LogP contribution < -0.4 is 0 Å². The van der Waals surface area contributed by atoms with E-state index < -0.39 is 40.6 Å². The van der Waals surface area contributed by atoms with Gasteiger partial charge in [0.05, 0.1) is 11.7 Å². The SMILES string of the molecule is CC(C)(O)C12OC1C1OC13C1(C)CCC4=C(COC4=O)C1CC1OC13C2OC(=O)C=Cc1ccc(F)cc1. The third kappa shape index (κ3) is 2.46. The summed E-state index contributed by atoms with van der Waals surface area (Å²) in [5, 5.41) is 11.3. The first-order chi connectivity index (χ1) is 18.0. The zero-order chi connectivity index (χ0) is 26.5. The zero-order valence-electron chi connectivity index (χ0n) is 21.4. The van der Waals surface area contributed by atoms with Crippen molar-refractivity contribution in [3.05, 3.63) is 52.9 Å². The second kappa shape index (κ2) is 6.75. The Morgan fingerprint density at radius 1 is 1.18 bits per heavy atom. The maximum absolute atomic E-state index is 13.3.